The van der Waals surface area contributed by atoms with E-state index in [1.807, 2.05) is 4.68 Å². The quantitative estimate of drug-likeness (QED) is 0.841. The Balaban J connectivity index is 1.57. The second-order valence-corrected chi connectivity index (χ2v) is 7.25. The molecule has 0 spiro atoms. The fourth-order valence-corrected chi connectivity index (χ4v) is 4.09. The molecule has 2 aliphatic heterocycles. The summed E-state index contributed by atoms with van der Waals surface area (Å²) >= 11 is 0. The summed E-state index contributed by atoms with van der Waals surface area (Å²) < 4.78 is 7.40. The predicted molar refractivity (Wildman–Crippen MR) is 94.0 cm³/mol. The normalized spacial score (nSPS) is 23.7. The van der Waals surface area contributed by atoms with Crippen molar-refractivity contribution in [3.05, 3.63) is 17.0 Å². The molecule has 3 heterocycles. The van der Waals surface area contributed by atoms with Crippen molar-refractivity contribution < 1.29 is 9.84 Å². The van der Waals surface area contributed by atoms with Gasteiger partial charge in [-0.25, -0.2) is 0 Å². The van der Waals surface area contributed by atoms with E-state index in [-0.39, 0.29) is 6.61 Å². The number of hydrogen-bond acceptors (Lipinski definition) is 5. The molecule has 0 radical (unpaired) electrons. The molecule has 0 bridgehead atoms. The van der Waals surface area contributed by atoms with Crippen molar-refractivity contribution >= 4 is 0 Å². The van der Waals surface area contributed by atoms with Crippen LogP contribution in [-0.4, -0.2) is 77.2 Å². The maximum Gasteiger partial charge on any atom is 0.0644 e. The zero-order valence-corrected chi connectivity index (χ0v) is 15.2. The fraction of sp³-hybridized carbons (Fsp3) is 0.833. The van der Waals surface area contributed by atoms with Crippen LogP contribution in [0.25, 0.3) is 0 Å². The summed E-state index contributed by atoms with van der Waals surface area (Å²) in [4.78, 5) is 5.16. The van der Waals surface area contributed by atoms with Crippen molar-refractivity contribution in [3.8, 4) is 0 Å². The minimum absolute atomic E-state index is 0.146. The Morgan fingerprint density at radius 2 is 1.96 bits per heavy atom. The topological polar surface area (TPSA) is 53.8 Å². The smallest absolute Gasteiger partial charge is 0.0644 e. The molecule has 1 aromatic rings. The van der Waals surface area contributed by atoms with Crippen LogP contribution >= 0.6 is 0 Å². The van der Waals surface area contributed by atoms with Crippen molar-refractivity contribution in [2.75, 3.05) is 52.5 Å². The van der Waals surface area contributed by atoms with Gasteiger partial charge in [-0.2, -0.15) is 5.10 Å². The number of nitrogens with zero attached hydrogens (tertiary/aromatic N) is 4. The Bertz CT molecular complexity index is 525. The molecule has 0 saturated carbocycles. The molecule has 1 atom stereocenters. The van der Waals surface area contributed by atoms with Gasteiger partial charge in [-0.05, 0) is 39.2 Å². The van der Waals surface area contributed by atoms with E-state index in [1.165, 1.54) is 43.7 Å². The van der Waals surface area contributed by atoms with Gasteiger partial charge in [-0.3, -0.25) is 14.5 Å². The van der Waals surface area contributed by atoms with E-state index < -0.39 is 0 Å². The number of ether oxygens (including phenoxy) is 1. The van der Waals surface area contributed by atoms with Crippen LogP contribution in [0.15, 0.2) is 0 Å². The standard InChI is InChI=1S/C18H32N4O2/c1-15-18(16(2)22(19-15)6-9-23)14-21-5-3-4-17(13-21)12-20-7-10-24-11-8-20/h17,23H,3-14H2,1-2H3. The maximum atomic E-state index is 9.17. The monoisotopic (exact) mass is 336 g/mol. The summed E-state index contributed by atoms with van der Waals surface area (Å²) in [7, 11) is 0. The van der Waals surface area contributed by atoms with Gasteiger partial charge in [0, 0.05) is 44.0 Å². The number of aliphatic hydroxyl groups excluding tert-OH is 1. The van der Waals surface area contributed by atoms with Gasteiger partial charge in [0.15, 0.2) is 0 Å². The van der Waals surface area contributed by atoms with Crippen LogP contribution in [0.5, 0.6) is 0 Å². The second kappa shape index (κ2) is 8.43. The molecule has 1 aromatic heterocycles. The van der Waals surface area contributed by atoms with Gasteiger partial charge in [-0.1, -0.05) is 0 Å². The zero-order valence-electron chi connectivity index (χ0n) is 15.2. The third-order valence-corrected chi connectivity index (χ3v) is 5.45. The van der Waals surface area contributed by atoms with E-state index in [1.54, 1.807) is 0 Å². The molecule has 2 aliphatic rings. The van der Waals surface area contributed by atoms with Crippen LogP contribution in [0.1, 0.15) is 29.8 Å². The Morgan fingerprint density at radius 1 is 1.17 bits per heavy atom. The Morgan fingerprint density at radius 3 is 2.71 bits per heavy atom. The lowest BCUT2D eigenvalue weighted by atomic mass is 9.96. The van der Waals surface area contributed by atoms with Crippen molar-refractivity contribution in [1.29, 1.82) is 0 Å². The SMILES string of the molecule is Cc1nn(CCO)c(C)c1CN1CCCC(CN2CCOCC2)C1. The lowest BCUT2D eigenvalue weighted by Gasteiger charge is -2.36. The summed E-state index contributed by atoms with van der Waals surface area (Å²) in [6.45, 7) is 13.5. The number of piperidine rings is 1. The summed E-state index contributed by atoms with van der Waals surface area (Å²) in [5, 5.41) is 13.8. The van der Waals surface area contributed by atoms with Gasteiger partial charge in [0.05, 0.1) is 32.1 Å². The molecule has 3 rings (SSSR count). The minimum Gasteiger partial charge on any atom is -0.394 e. The Labute approximate surface area is 145 Å². The Kier molecular flexibility index (Phi) is 6.27. The third kappa shape index (κ3) is 4.36. The summed E-state index contributed by atoms with van der Waals surface area (Å²) in [5.41, 5.74) is 3.66. The van der Waals surface area contributed by atoms with Crippen molar-refractivity contribution in [2.24, 2.45) is 5.92 Å². The highest BCUT2D eigenvalue weighted by Crippen LogP contribution is 2.22. The van der Waals surface area contributed by atoms with E-state index in [9.17, 15) is 5.11 Å². The lowest BCUT2D eigenvalue weighted by molar-refractivity contribution is 0.0224. The first-order valence-corrected chi connectivity index (χ1v) is 9.33. The van der Waals surface area contributed by atoms with Crippen LogP contribution in [0, 0.1) is 19.8 Å². The molecule has 0 amide bonds. The minimum atomic E-state index is 0.146. The van der Waals surface area contributed by atoms with Crippen molar-refractivity contribution in [3.63, 3.8) is 0 Å². The van der Waals surface area contributed by atoms with Gasteiger partial charge < -0.3 is 9.84 Å². The van der Waals surface area contributed by atoms with Crippen LogP contribution in [0.2, 0.25) is 0 Å². The van der Waals surface area contributed by atoms with Crippen molar-refractivity contribution in [1.82, 2.24) is 19.6 Å². The van der Waals surface area contributed by atoms with Gasteiger partial charge in [-0.15, -0.1) is 0 Å². The summed E-state index contributed by atoms with van der Waals surface area (Å²) in [6.07, 6.45) is 2.63. The van der Waals surface area contributed by atoms with E-state index in [0.717, 1.165) is 44.5 Å². The molecule has 2 saturated heterocycles. The fourth-order valence-electron chi connectivity index (χ4n) is 4.09. The molecule has 6 nitrogen and oxygen atoms in total. The van der Waals surface area contributed by atoms with Crippen LogP contribution < -0.4 is 0 Å². The largest absolute Gasteiger partial charge is 0.394 e. The number of hydrogen-bond donors (Lipinski definition) is 1. The van der Waals surface area contributed by atoms with Crippen LogP contribution in [0.4, 0.5) is 0 Å². The highest BCUT2D eigenvalue weighted by molar-refractivity contribution is 5.24. The molecular formula is C18H32N4O2. The van der Waals surface area contributed by atoms with Crippen LogP contribution in [0.3, 0.4) is 0 Å². The third-order valence-electron chi connectivity index (χ3n) is 5.45. The molecule has 2 fully saturated rings. The second-order valence-electron chi connectivity index (χ2n) is 7.25. The van der Waals surface area contributed by atoms with Crippen molar-refractivity contribution in [2.45, 2.75) is 39.8 Å². The van der Waals surface area contributed by atoms with E-state index in [2.05, 4.69) is 28.7 Å². The average molecular weight is 336 g/mol. The number of morpholine rings is 1. The number of aliphatic hydroxyl groups is 1. The molecule has 6 heteroatoms. The van der Waals surface area contributed by atoms with E-state index in [0.29, 0.717) is 6.54 Å². The molecule has 1 N–H and O–H groups in total. The molecule has 0 aromatic carbocycles. The lowest BCUT2D eigenvalue weighted by Crippen LogP contribution is -2.44. The maximum absolute atomic E-state index is 9.17. The predicted octanol–water partition coefficient (Wildman–Crippen LogP) is 1.04. The van der Waals surface area contributed by atoms with Gasteiger partial charge >= 0.3 is 0 Å². The molecular weight excluding hydrogens is 304 g/mol. The highest BCUT2D eigenvalue weighted by atomic mass is 16.5. The number of aryl methyl sites for hydroxylation is 1. The first-order chi connectivity index (χ1) is 11.7. The molecule has 1 unspecified atom stereocenters. The van der Waals surface area contributed by atoms with Gasteiger partial charge in [0.1, 0.15) is 0 Å². The highest BCUT2D eigenvalue weighted by Gasteiger charge is 2.24. The molecule has 24 heavy (non-hydrogen) atoms. The first kappa shape index (κ1) is 17.9. The number of likely N-dealkylation sites (tertiary alicyclic amines) is 1. The summed E-state index contributed by atoms with van der Waals surface area (Å²) in [5.74, 6) is 0.768. The average Bonchev–Trinajstić information content (AvgIpc) is 2.84. The Hall–Kier alpha value is -0.950. The van der Waals surface area contributed by atoms with Gasteiger partial charge in [0.2, 0.25) is 0 Å². The van der Waals surface area contributed by atoms with Gasteiger partial charge in [0.25, 0.3) is 0 Å². The molecule has 0 aliphatic carbocycles. The first-order valence-electron chi connectivity index (χ1n) is 9.33. The number of rotatable bonds is 6. The van der Waals surface area contributed by atoms with Crippen LogP contribution in [-0.2, 0) is 17.8 Å². The zero-order chi connectivity index (χ0) is 16.9. The summed E-state index contributed by atoms with van der Waals surface area (Å²) in [6, 6.07) is 0. The number of aromatic nitrogens is 2. The molecule has 136 valence electrons. The van der Waals surface area contributed by atoms with E-state index >= 15 is 0 Å². The van der Waals surface area contributed by atoms with E-state index in [4.69, 9.17) is 4.74 Å².